The first-order valence-electron chi connectivity index (χ1n) is 6.18. The summed E-state index contributed by atoms with van der Waals surface area (Å²) in [4.78, 5) is 12.1. The van der Waals surface area contributed by atoms with Crippen molar-refractivity contribution in [2.45, 2.75) is 32.1 Å². The number of hydrogen-bond acceptors (Lipinski definition) is 3. The van der Waals surface area contributed by atoms with Crippen LogP contribution in [0.3, 0.4) is 0 Å². The van der Waals surface area contributed by atoms with Crippen LogP contribution in [0.25, 0.3) is 0 Å². The molecule has 0 unspecified atom stereocenters. The molecule has 0 bridgehead atoms. The van der Waals surface area contributed by atoms with Gasteiger partial charge in [0.25, 0.3) is 5.91 Å². The molecule has 0 aliphatic carbocycles. The molecule has 0 aromatic heterocycles. The van der Waals surface area contributed by atoms with Crippen molar-refractivity contribution >= 4 is 15.7 Å². The van der Waals surface area contributed by atoms with Crippen LogP contribution in [0.2, 0.25) is 0 Å². The lowest BCUT2D eigenvalue weighted by atomic mass is 9.92. The molecule has 0 saturated carbocycles. The number of hydrogen-bond donors (Lipinski definition) is 1. The van der Waals surface area contributed by atoms with Crippen molar-refractivity contribution in [3.8, 4) is 0 Å². The Labute approximate surface area is 115 Å². The molecular formula is C14H21NO3S. The minimum atomic E-state index is -3.21. The summed E-state index contributed by atoms with van der Waals surface area (Å²) in [6.07, 6.45) is 2.03. The summed E-state index contributed by atoms with van der Waals surface area (Å²) in [6, 6.07) is 5.97. The van der Waals surface area contributed by atoms with Gasteiger partial charge in [0, 0.05) is 18.4 Å². The lowest BCUT2D eigenvalue weighted by molar-refractivity contribution is 0.0949. The molecule has 0 atom stereocenters. The first-order valence-corrected chi connectivity index (χ1v) is 8.07. The second-order valence-corrected chi connectivity index (χ2v) is 7.88. The Morgan fingerprint density at radius 2 is 1.68 bits per heavy atom. The molecule has 1 N–H and O–H groups in total. The molecule has 1 amide bonds. The molecule has 4 nitrogen and oxygen atoms in total. The average molecular weight is 283 g/mol. The first-order chi connectivity index (χ1) is 8.59. The van der Waals surface area contributed by atoms with Crippen LogP contribution in [0, 0.1) is 5.41 Å². The number of benzene rings is 1. The standard InChI is InChI=1S/C14H21NO3S/c1-14(2,3)9-10-15-13(16)11-5-7-12(8-6-11)19(4,17)18/h5-8H,9-10H2,1-4H3,(H,15,16). The number of carbonyl (C=O) groups excluding carboxylic acids is 1. The summed E-state index contributed by atoms with van der Waals surface area (Å²) in [7, 11) is -3.21. The molecule has 19 heavy (non-hydrogen) atoms. The van der Waals surface area contributed by atoms with E-state index in [2.05, 4.69) is 26.1 Å². The molecule has 1 aromatic rings. The maximum absolute atomic E-state index is 11.8. The molecule has 0 fully saturated rings. The molecule has 0 aliphatic rings. The monoisotopic (exact) mass is 283 g/mol. The van der Waals surface area contributed by atoms with E-state index in [4.69, 9.17) is 0 Å². The van der Waals surface area contributed by atoms with Crippen molar-refractivity contribution < 1.29 is 13.2 Å². The van der Waals surface area contributed by atoms with Gasteiger partial charge in [0.05, 0.1) is 4.90 Å². The zero-order chi connectivity index (χ0) is 14.7. The van der Waals surface area contributed by atoms with Crippen molar-refractivity contribution in [2.24, 2.45) is 5.41 Å². The van der Waals surface area contributed by atoms with E-state index in [1.165, 1.54) is 24.3 Å². The van der Waals surface area contributed by atoms with Gasteiger partial charge in [-0.15, -0.1) is 0 Å². The first kappa shape index (κ1) is 15.7. The van der Waals surface area contributed by atoms with Crippen molar-refractivity contribution in [3.05, 3.63) is 29.8 Å². The highest BCUT2D eigenvalue weighted by Gasteiger charge is 2.12. The summed E-state index contributed by atoms with van der Waals surface area (Å²) >= 11 is 0. The van der Waals surface area contributed by atoms with Gasteiger partial charge >= 0.3 is 0 Å². The Morgan fingerprint density at radius 3 is 2.11 bits per heavy atom. The highest BCUT2D eigenvalue weighted by atomic mass is 32.2. The third-order valence-corrected chi connectivity index (χ3v) is 3.83. The Bertz CT molecular complexity index is 539. The van der Waals surface area contributed by atoms with Crippen LogP contribution >= 0.6 is 0 Å². The van der Waals surface area contributed by atoms with Gasteiger partial charge in [0.15, 0.2) is 9.84 Å². The predicted molar refractivity (Wildman–Crippen MR) is 76.0 cm³/mol. The molecule has 1 aromatic carbocycles. The minimum Gasteiger partial charge on any atom is -0.352 e. The summed E-state index contributed by atoms with van der Waals surface area (Å²) in [5, 5.41) is 2.83. The topological polar surface area (TPSA) is 63.2 Å². The Hall–Kier alpha value is -1.36. The van der Waals surface area contributed by atoms with Crippen molar-refractivity contribution in [1.82, 2.24) is 5.32 Å². The average Bonchev–Trinajstić information content (AvgIpc) is 2.26. The fourth-order valence-electron chi connectivity index (χ4n) is 1.51. The third-order valence-electron chi connectivity index (χ3n) is 2.71. The summed E-state index contributed by atoms with van der Waals surface area (Å²) in [5.74, 6) is -0.177. The SMILES string of the molecule is CC(C)(C)CCNC(=O)c1ccc(S(C)(=O)=O)cc1. The maximum atomic E-state index is 11.8. The van der Waals surface area contributed by atoms with Gasteiger partial charge in [-0.25, -0.2) is 8.42 Å². The number of rotatable bonds is 4. The van der Waals surface area contributed by atoms with Gasteiger partial charge in [0.2, 0.25) is 0 Å². The lowest BCUT2D eigenvalue weighted by Crippen LogP contribution is -2.27. The Kier molecular flexibility index (Phi) is 4.74. The fraction of sp³-hybridized carbons (Fsp3) is 0.500. The normalized spacial score (nSPS) is 12.2. The van der Waals surface area contributed by atoms with Gasteiger partial charge in [-0.2, -0.15) is 0 Å². The number of nitrogens with one attached hydrogen (secondary N) is 1. The van der Waals surface area contributed by atoms with Crippen LogP contribution in [0.1, 0.15) is 37.6 Å². The second-order valence-electron chi connectivity index (χ2n) is 5.86. The summed E-state index contributed by atoms with van der Waals surface area (Å²) in [6.45, 7) is 6.94. The van der Waals surface area contributed by atoms with Gasteiger partial charge < -0.3 is 5.32 Å². The Balaban J connectivity index is 2.64. The number of sulfone groups is 1. The quantitative estimate of drug-likeness (QED) is 0.922. The van der Waals surface area contributed by atoms with E-state index < -0.39 is 9.84 Å². The molecule has 1 rings (SSSR count). The molecule has 0 heterocycles. The fourth-order valence-corrected chi connectivity index (χ4v) is 2.14. The van der Waals surface area contributed by atoms with E-state index >= 15 is 0 Å². The largest absolute Gasteiger partial charge is 0.352 e. The molecule has 106 valence electrons. The van der Waals surface area contributed by atoms with Crippen LogP contribution < -0.4 is 5.32 Å². The van der Waals surface area contributed by atoms with E-state index in [1.54, 1.807) is 0 Å². The zero-order valence-corrected chi connectivity index (χ0v) is 12.7. The molecular weight excluding hydrogens is 262 g/mol. The highest BCUT2D eigenvalue weighted by Crippen LogP contribution is 2.17. The lowest BCUT2D eigenvalue weighted by Gasteiger charge is -2.18. The molecule has 0 aliphatic heterocycles. The summed E-state index contributed by atoms with van der Waals surface area (Å²) in [5.41, 5.74) is 0.647. The van der Waals surface area contributed by atoms with Crippen molar-refractivity contribution in [2.75, 3.05) is 12.8 Å². The van der Waals surface area contributed by atoms with E-state index in [1.807, 2.05) is 0 Å². The van der Waals surface area contributed by atoms with Gasteiger partial charge in [-0.05, 0) is 36.1 Å². The molecule has 0 saturated heterocycles. The van der Waals surface area contributed by atoms with Crippen LogP contribution in [-0.2, 0) is 9.84 Å². The summed E-state index contributed by atoms with van der Waals surface area (Å²) < 4.78 is 22.6. The number of carbonyl (C=O) groups is 1. The van der Waals surface area contributed by atoms with E-state index in [0.717, 1.165) is 12.7 Å². The predicted octanol–water partition coefficient (Wildman–Crippen LogP) is 2.26. The van der Waals surface area contributed by atoms with Crippen molar-refractivity contribution in [1.29, 1.82) is 0 Å². The van der Waals surface area contributed by atoms with Crippen LogP contribution in [0.5, 0.6) is 0 Å². The van der Waals surface area contributed by atoms with Crippen LogP contribution in [0.4, 0.5) is 0 Å². The van der Waals surface area contributed by atoms with Gasteiger partial charge in [-0.3, -0.25) is 4.79 Å². The third kappa shape index (κ3) is 5.42. The zero-order valence-electron chi connectivity index (χ0n) is 11.9. The molecule has 0 radical (unpaired) electrons. The van der Waals surface area contributed by atoms with E-state index in [9.17, 15) is 13.2 Å². The second kappa shape index (κ2) is 5.74. The van der Waals surface area contributed by atoms with E-state index in [-0.39, 0.29) is 16.2 Å². The smallest absolute Gasteiger partial charge is 0.251 e. The molecule has 5 heteroatoms. The van der Waals surface area contributed by atoms with E-state index in [0.29, 0.717) is 12.1 Å². The van der Waals surface area contributed by atoms with Crippen LogP contribution in [-0.4, -0.2) is 27.1 Å². The van der Waals surface area contributed by atoms with Gasteiger partial charge in [-0.1, -0.05) is 20.8 Å². The van der Waals surface area contributed by atoms with Crippen molar-refractivity contribution in [3.63, 3.8) is 0 Å². The number of amides is 1. The molecule has 0 spiro atoms. The van der Waals surface area contributed by atoms with Crippen LogP contribution in [0.15, 0.2) is 29.2 Å². The Morgan fingerprint density at radius 1 is 1.16 bits per heavy atom. The maximum Gasteiger partial charge on any atom is 0.251 e. The minimum absolute atomic E-state index is 0.174. The highest BCUT2D eigenvalue weighted by molar-refractivity contribution is 7.90. The van der Waals surface area contributed by atoms with Gasteiger partial charge in [0.1, 0.15) is 0 Å².